The summed E-state index contributed by atoms with van der Waals surface area (Å²) in [5.74, 6) is 0.279. The van der Waals surface area contributed by atoms with E-state index >= 15 is 0 Å². The molecule has 0 atom stereocenters. The molecule has 0 aliphatic heterocycles. The summed E-state index contributed by atoms with van der Waals surface area (Å²) in [4.78, 5) is 0. The van der Waals surface area contributed by atoms with E-state index < -0.39 is 6.61 Å². The lowest BCUT2D eigenvalue weighted by Gasteiger charge is -2.21. The Kier molecular flexibility index (Phi) is 6.25. The van der Waals surface area contributed by atoms with Crippen LogP contribution in [0.25, 0.3) is 0 Å². The first kappa shape index (κ1) is 15.2. The summed E-state index contributed by atoms with van der Waals surface area (Å²) in [7, 11) is 0. The van der Waals surface area contributed by atoms with Crippen LogP contribution >= 0.6 is 0 Å². The Labute approximate surface area is 119 Å². The van der Waals surface area contributed by atoms with E-state index in [1.54, 1.807) is 12.1 Å². The fourth-order valence-corrected chi connectivity index (χ4v) is 2.78. The van der Waals surface area contributed by atoms with E-state index in [1.807, 2.05) is 12.1 Å². The van der Waals surface area contributed by atoms with Crippen molar-refractivity contribution in [2.45, 2.75) is 64.1 Å². The van der Waals surface area contributed by atoms with Crippen LogP contribution in [-0.2, 0) is 6.54 Å². The SMILES string of the molecule is FC(F)Oc1ccccc1CNC1CCCCCCC1. The molecular formula is C16H23F2NO. The van der Waals surface area contributed by atoms with Crippen molar-refractivity contribution in [3.63, 3.8) is 0 Å². The molecule has 1 fully saturated rings. The predicted molar refractivity (Wildman–Crippen MR) is 76.0 cm³/mol. The molecule has 20 heavy (non-hydrogen) atoms. The molecule has 112 valence electrons. The molecule has 0 amide bonds. The van der Waals surface area contributed by atoms with Gasteiger partial charge in [0.05, 0.1) is 0 Å². The van der Waals surface area contributed by atoms with Gasteiger partial charge in [0.1, 0.15) is 5.75 Å². The zero-order chi connectivity index (χ0) is 14.2. The van der Waals surface area contributed by atoms with Crippen LogP contribution in [0.2, 0.25) is 0 Å². The average molecular weight is 283 g/mol. The van der Waals surface area contributed by atoms with Crippen LogP contribution in [0.4, 0.5) is 8.78 Å². The molecule has 1 saturated carbocycles. The molecule has 0 heterocycles. The molecule has 0 unspecified atom stereocenters. The topological polar surface area (TPSA) is 21.3 Å². The van der Waals surface area contributed by atoms with Crippen LogP contribution in [0, 0.1) is 0 Å². The lowest BCUT2D eigenvalue weighted by molar-refractivity contribution is -0.0505. The number of hydrogen-bond donors (Lipinski definition) is 1. The Morgan fingerprint density at radius 1 is 1.05 bits per heavy atom. The van der Waals surface area contributed by atoms with Crippen LogP contribution in [0.1, 0.15) is 50.5 Å². The van der Waals surface area contributed by atoms with E-state index in [4.69, 9.17) is 0 Å². The quantitative estimate of drug-likeness (QED) is 0.859. The van der Waals surface area contributed by atoms with Crippen molar-refractivity contribution in [3.8, 4) is 5.75 Å². The van der Waals surface area contributed by atoms with Crippen LogP contribution < -0.4 is 10.1 Å². The third kappa shape index (κ3) is 5.08. The maximum absolute atomic E-state index is 12.4. The number of nitrogens with one attached hydrogen (secondary N) is 1. The minimum absolute atomic E-state index is 0.279. The van der Waals surface area contributed by atoms with E-state index in [1.165, 1.54) is 44.9 Å². The lowest BCUT2D eigenvalue weighted by atomic mass is 9.96. The number of rotatable bonds is 5. The first-order valence-electron chi connectivity index (χ1n) is 7.52. The smallest absolute Gasteiger partial charge is 0.387 e. The molecule has 1 aliphatic carbocycles. The lowest BCUT2D eigenvalue weighted by Crippen LogP contribution is -2.29. The van der Waals surface area contributed by atoms with Crippen molar-refractivity contribution in [3.05, 3.63) is 29.8 Å². The van der Waals surface area contributed by atoms with Crippen LogP contribution in [0.15, 0.2) is 24.3 Å². The fourth-order valence-electron chi connectivity index (χ4n) is 2.78. The van der Waals surface area contributed by atoms with Crippen molar-refractivity contribution in [2.24, 2.45) is 0 Å². The molecule has 2 nitrogen and oxygen atoms in total. The zero-order valence-corrected chi connectivity index (χ0v) is 11.8. The van der Waals surface area contributed by atoms with Crippen molar-refractivity contribution in [1.29, 1.82) is 0 Å². The van der Waals surface area contributed by atoms with Crippen molar-refractivity contribution < 1.29 is 13.5 Å². The normalized spacial score (nSPS) is 17.8. The molecule has 0 radical (unpaired) electrons. The number of alkyl halides is 2. The molecule has 1 N–H and O–H groups in total. The zero-order valence-electron chi connectivity index (χ0n) is 11.8. The second kappa shape index (κ2) is 8.20. The van der Waals surface area contributed by atoms with E-state index in [-0.39, 0.29) is 5.75 Å². The first-order chi connectivity index (χ1) is 9.75. The second-order valence-electron chi connectivity index (χ2n) is 5.41. The van der Waals surface area contributed by atoms with Gasteiger partial charge >= 0.3 is 6.61 Å². The summed E-state index contributed by atoms with van der Waals surface area (Å²) in [6, 6.07) is 7.51. The van der Waals surface area contributed by atoms with Gasteiger partial charge in [0, 0.05) is 18.2 Å². The Hall–Kier alpha value is -1.16. The van der Waals surface area contributed by atoms with Gasteiger partial charge in [0.15, 0.2) is 0 Å². The molecule has 1 aromatic carbocycles. The Morgan fingerprint density at radius 2 is 1.70 bits per heavy atom. The molecule has 4 heteroatoms. The fraction of sp³-hybridized carbons (Fsp3) is 0.625. The number of halogens is 2. The summed E-state index contributed by atoms with van der Waals surface area (Å²) in [6.45, 7) is -2.18. The van der Waals surface area contributed by atoms with Gasteiger partial charge in [-0.2, -0.15) is 8.78 Å². The molecular weight excluding hydrogens is 260 g/mol. The third-order valence-corrected chi connectivity index (χ3v) is 3.88. The van der Waals surface area contributed by atoms with E-state index in [0.717, 1.165) is 5.56 Å². The maximum atomic E-state index is 12.4. The summed E-state index contributed by atoms with van der Waals surface area (Å²) < 4.78 is 29.3. The molecule has 2 rings (SSSR count). The van der Waals surface area contributed by atoms with Gasteiger partial charge in [-0.15, -0.1) is 0 Å². The number of ether oxygens (including phenoxy) is 1. The summed E-state index contributed by atoms with van der Waals surface area (Å²) in [5, 5.41) is 3.49. The van der Waals surface area contributed by atoms with Gasteiger partial charge in [-0.3, -0.25) is 0 Å². The monoisotopic (exact) mass is 283 g/mol. The number of benzene rings is 1. The van der Waals surface area contributed by atoms with E-state index in [0.29, 0.717) is 12.6 Å². The van der Waals surface area contributed by atoms with E-state index in [2.05, 4.69) is 10.1 Å². The van der Waals surface area contributed by atoms with Gasteiger partial charge in [0.2, 0.25) is 0 Å². The summed E-state index contributed by atoms with van der Waals surface area (Å²) in [5.41, 5.74) is 0.801. The summed E-state index contributed by atoms with van der Waals surface area (Å²) in [6.07, 6.45) is 8.83. The maximum Gasteiger partial charge on any atom is 0.387 e. The Morgan fingerprint density at radius 3 is 2.40 bits per heavy atom. The van der Waals surface area contributed by atoms with Gasteiger partial charge in [-0.05, 0) is 18.9 Å². The van der Waals surface area contributed by atoms with Gasteiger partial charge in [0.25, 0.3) is 0 Å². The number of hydrogen-bond acceptors (Lipinski definition) is 2. The highest BCUT2D eigenvalue weighted by atomic mass is 19.3. The highest BCUT2D eigenvalue weighted by molar-refractivity contribution is 5.33. The minimum Gasteiger partial charge on any atom is -0.434 e. The average Bonchev–Trinajstić information content (AvgIpc) is 2.38. The van der Waals surface area contributed by atoms with Crippen molar-refractivity contribution in [1.82, 2.24) is 5.32 Å². The molecule has 0 spiro atoms. The van der Waals surface area contributed by atoms with Crippen molar-refractivity contribution in [2.75, 3.05) is 0 Å². The van der Waals surface area contributed by atoms with Crippen LogP contribution in [0.5, 0.6) is 5.75 Å². The van der Waals surface area contributed by atoms with Gasteiger partial charge < -0.3 is 10.1 Å². The van der Waals surface area contributed by atoms with Crippen LogP contribution in [0.3, 0.4) is 0 Å². The highest BCUT2D eigenvalue weighted by Crippen LogP contribution is 2.22. The Balaban J connectivity index is 1.88. The standard InChI is InChI=1S/C16H23F2NO/c17-16(18)20-15-11-7-6-8-13(15)12-19-14-9-4-2-1-3-5-10-14/h6-8,11,14,16,19H,1-5,9-10,12H2. The minimum atomic E-state index is -2.77. The van der Waals surface area contributed by atoms with Gasteiger partial charge in [-0.1, -0.05) is 50.3 Å². The largest absolute Gasteiger partial charge is 0.434 e. The molecule has 0 bridgehead atoms. The van der Waals surface area contributed by atoms with Crippen LogP contribution in [-0.4, -0.2) is 12.7 Å². The first-order valence-corrected chi connectivity index (χ1v) is 7.52. The summed E-state index contributed by atoms with van der Waals surface area (Å²) >= 11 is 0. The van der Waals surface area contributed by atoms with Crippen molar-refractivity contribution >= 4 is 0 Å². The predicted octanol–water partition coefficient (Wildman–Crippen LogP) is 4.49. The third-order valence-electron chi connectivity index (χ3n) is 3.88. The highest BCUT2D eigenvalue weighted by Gasteiger charge is 2.13. The second-order valence-corrected chi connectivity index (χ2v) is 5.41. The van der Waals surface area contributed by atoms with Gasteiger partial charge in [-0.25, -0.2) is 0 Å². The molecule has 1 aliphatic rings. The molecule has 0 aromatic heterocycles. The molecule has 0 saturated heterocycles. The van der Waals surface area contributed by atoms with E-state index in [9.17, 15) is 8.78 Å². The Bertz CT molecular complexity index is 390. The molecule has 1 aromatic rings. The number of para-hydroxylation sites is 1.